The molecule has 3 N–H and O–H groups in total. The highest BCUT2D eigenvalue weighted by molar-refractivity contribution is 6.07. The Bertz CT molecular complexity index is 1530. The number of piperidine rings is 1. The molecule has 0 aliphatic carbocycles. The highest BCUT2D eigenvalue weighted by Gasteiger charge is 2.33. The zero-order valence-electron chi connectivity index (χ0n) is 24.2. The van der Waals surface area contributed by atoms with Crippen LogP contribution >= 0.6 is 0 Å². The number of aldehydes is 1. The minimum atomic E-state index is -0.820. The first-order chi connectivity index (χ1) is 20.8. The van der Waals surface area contributed by atoms with E-state index in [0.29, 0.717) is 25.8 Å². The molecule has 0 saturated carbocycles. The number of imide groups is 1. The van der Waals surface area contributed by atoms with Gasteiger partial charge in [-0.2, -0.15) is 0 Å². The summed E-state index contributed by atoms with van der Waals surface area (Å²) >= 11 is 0. The molecule has 0 spiro atoms. The van der Waals surface area contributed by atoms with Crippen molar-refractivity contribution in [2.45, 2.75) is 51.0 Å². The van der Waals surface area contributed by atoms with Gasteiger partial charge in [0, 0.05) is 37.7 Å². The molecule has 0 bridgehead atoms. The number of carbonyl (C=O) groups is 6. The van der Waals surface area contributed by atoms with Crippen molar-refractivity contribution in [3.63, 3.8) is 0 Å². The van der Waals surface area contributed by atoms with E-state index in [1.807, 2.05) is 42.5 Å². The molecule has 3 aromatic carbocycles. The first-order valence-electron chi connectivity index (χ1n) is 14.5. The van der Waals surface area contributed by atoms with Gasteiger partial charge in [-0.3, -0.25) is 34.1 Å². The Morgan fingerprint density at radius 1 is 0.930 bits per heavy atom. The van der Waals surface area contributed by atoms with Crippen molar-refractivity contribution >= 4 is 46.6 Å². The van der Waals surface area contributed by atoms with E-state index in [9.17, 15) is 28.8 Å². The summed E-state index contributed by atoms with van der Waals surface area (Å²) in [5.74, 6) is -1.86. The fraction of sp³-hybridized carbons (Fsp3) is 0.333. The number of hydrogen-bond acceptors (Lipinski definition) is 6. The van der Waals surface area contributed by atoms with Crippen molar-refractivity contribution in [1.82, 2.24) is 20.9 Å². The third-order valence-corrected chi connectivity index (χ3v) is 7.61. The van der Waals surface area contributed by atoms with Gasteiger partial charge in [0.15, 0.2) is 6.29 Å². The van der Waals surface area contributed by atoms with Gasteiger partial charge in [0.05, 0.1) is 12.0 Å². The van der Waals surface area contributed by atoms with Gasteiger partial charge in [0.25, 0.3) is 11.8 Å². The van der Waals surface area contributed by atoms with Gasteiger partial charge in [-0.25, -0.2) is 0 Å². The Morgan fingerprint density at radius 3 is 2.40 bits per heavy atom. The number of amides is 5. The van der Waals surface area contributed by atoms with Gasteiger partial charge in [-0.15, -0.1) is 0 Å². The molecule has 1 fully saturated rings. The van der Waals surface area contributed by atoms with Crippen LogP contribution < -0.4 is 16.0 Å². The Kier molecular flexibility index (Phi) is 10.7. The van der Waals surface area contributed by atoms with Crippen molar-refractivity contribution in [3.05, 3.63) is 82.9 Å². The molecule has 0 aromatic heterocycles. The van der Waals surface area contributed by atoms with Crippen molar-refractivity contribution in [3.8, 4) is 0 Å². The quantitative estimate of drug-likeness (QED) is 0.160. The third kappa shape index (κ3) is 8.12. The maximum atomic E-state index is 13.0. The predicted molar refractivity (Wildman–Crippen MR) is 162 cm³/mol. The summed E-state index contributed by atoms with van der Waals surface area (Å²) in [6.45, 7) is 1.04. The van der Waals surface area contributed by atoms with Gasteiger partial charge in [-0.1, -0.05) is 55.3 Å². The molecular weight excluding hydrogens is 548 g/mol. The first kappa shape index (κ1) is 31.1. The van der Waals surface area contributed by atoms with Crippen LogP contribution in [0.25, 0.3) is 10.8 Å². The number of likely N-dealkylation sites (N-methyl/N-ethyl adjacent to an activating group) is 1. The van der Waals surface area contributed by atoms with E-state index in [1.165, 1.54) is 30.1 Å². The Morgan fingerprint density at radius 2 is 1.65 bits per heavy atom. The lowest BCUT2D eigenvalue weighted by Gasteiger charge is -2.30. The Balaban J connectivity index is 1.15. The lowest BCUT2D eigenvalue weighted by atomic mass is 10.0. The number of nitrogens with one attached hydrogen (secondary N) is 3. The highest BCUT2D eigenvalue weighted by Crippen LogP contribution is 2.19. The molecule has 1 atom stereocenters. The number of benzene rings is 3. The average molecular weight is 585 g/mol. The van der Waals surface area contributed by atoms with Crippen LogP contribution in [0.5, 0.6) is 0 Å². The molecule has 3 aromatic rings. The minimum Gasteiger partial charge on any atom is -0.356 e. The zero-order chi connectivity index (χ0) is 30.8. The largest absolute Gasteiger partial charge is 0.356 e. The summed E-state index contributed by atoms with van der Waals surface area (Å²) in [5.41, 5.74) is 1.37. The smallest absolute Gasteiger partial charge is 0.255 e. The summed E-state index contributed by atoms with van der Waals surface area (Å²) in [7, 11) is 1.44. The molecule has 1 aliphatic rings. The molecule has 4 rings (SSSR count). The second-order valence-electron chi connectivity index (χ2n) is 10.6. The molecule has 10 nitrogen and oxygen atoms in total. The van der Waals surface area contributed by atoms with E-state index in [1.54, 1.807) is 0 Å². The van der Waals surface area contributed by atoms with Crippen LogP contribution in [0.3, 0.4) is 0 Å². The lowest BCUT2D eigenvalue weighted by molar-refractivity contribution is -0.136. The monoisotopic (exact) mass is 584 g/mol. The van der Waals surface area contributed by atoms with Gasteiger partial charge in [0.2, 0.25) is 17.7 Å². The Labute approximate surface area is 250 Å². The first-order valence-corrected chi connectivity index (χ1v) is 14.5. The number of carbonyl (C=O) groups excluding carboxylic acids is 6. The lowest BCUT2D eigenvalue weighted by Crippen LogP contribution is -2.53. The number of hydrogen-bond donors (Lipinski definition) is 3. The van der Waals surface area contributed by atoms with E-state index < -0.39 is 17.9 Å². The topological polar surface area (TPSA) is 142 Å². The summed E-state index contributed by atoms with van der Waals surface area (Å²) in [6, 6.07) is 17.4. The third-order valence-electron chi connectivity index (χ3n) is 7.61. The standard InChI is InChI=1S/C33H36N4O6/c1-37(28-15-16-29(39)36-32(28)42)33(43)27-14-13-24(19-25(27)21-38)31(41)35-18-7-3-2-6-17-34-30(40)20-23-11-8-10-22-9-4-5-12-26(22)23/h4-5,8-14,19,21,28H,2-3,6-7,15-18,20H2,1H3,(H,34,40)(H,35,41)(H,36,39,42). The molecule has 1 unspecified atom stereocenters. The molecule has 1 saturated heterocycles. The van der Waals surface area contributed by atoms with Crippen LogP contribution in [0.15, 0.2) is 60.7 Å². The van der Waals surface area contributed by atoms with Crippen LogP contribution in [0.1, 0.15) is 75.2 Å². The van der Waals surface area contributed by atoms with Crippen LogP contribution in [-0.2, 0) is 20.8 Å². The Hall–Kier alpha value is -4.86. The van der Waals surface area contributed by atoms with Crippen LogP contribution in [0.2, 0.25) is 0 Å². The van der Waals surface area contributed by atoms with E-state index in [4.69, 9.17) is 0 Å². The van der Waals surface area contributed by atoms with E-state index in [-0.39, 0.29) is 47.3 Å². The van der Waals surface area contributed by atoms with Crippen molar-refractivity contribution in [2.24, 2.45) is 0 Å². The second-order valence-corrected chi connectivity index (χ2v) is 10.6. The average Bonchev–Trinajstić information content (AvgIpc) is 3.01. The van der Waals surface area contributed by atoms with Gasteiger partial charge >= 0.3 is 0 Å². The number of unbranched alkanes of at least 4 members (excludes halogenated alkanes) is 3. The maximum absolute atomic E-state index is 13.0. The van der Waals surface area contributed by atoms with E-state index in [2.05, 4.69) is 16.0 Å². The van der Waals surface area contributed by atoms with E-state index >= 15 is 0 Å². The normalized spacial score (nSPS) is 14.6. The molecule has 5 amide bonds. The molecular formula is C33H36N4O6. The molecule has 1 aliphatic heterocycles. The molecule has 224 valence electrons. The summed E-state index contributed by atoms with van der Waals surface area (Å²) in [5, 5.41) is 10.2. The van der Waals surface area contributed by atoms with E-state index in [0.717, 1.165) is 42.0 Å². The van der Waals surface area contributed by atoms with Crippen LogP contribution in [0, 0.1) is 0 Å². The fourth-order valence-corrected chi connectivity index (χ4v) is 5.20. The minimum absolute atomic E-state index is 0.00588. The maximum Gasteiger partial charge on any atom is 0.255 e. The van der Waals surface area contributed by atoms with Crippen LogP contribution in [-0.4, -0.2) is 66.9 Å². The van der Waals surface area contributed by atoms with Gasteiger partial charge in [0.1, 0.15) is 6.04 Å². The zero-order valence-corrected chi connectivity index (χ0v) is 24.2. The number of fused-ring (bicyclic) bond motifs is 1. The van der Waals surface area contributed by atoms with Crippen molar-refractivity contribution in [2.75, 3.05) is 20.1 Å². The van der Waals surface area contributed by atoms with Gasteiger partial charge < -0.3 is 15.5 Å². The molecule has 0 radical (unpaired) electrons. The second kappa shape index (κ2) is 14.9. The molecule has 1 heterocycles. The number of nitrogens with zero attached hydrogens (tertiary/aromatic N) is 1. The van der Waals surface area contributed by atoms with Crippen LogP contribution in [0.4, 0.5) is 0 Å². The fourth-order valence-electron chi connectivity index (χ4n) is 5.20. The molecule has 43 heavy (non-hydrogen) atoms. The summed E-state index contributed by atoms with van der Waals surface area (Å²) in [6.07, 6.45) is 4.52. The molecule has 10 heteroatoms. The van der Waals surface area contributed by atoms with Gasteiger partial charge in [-0.05, 0) is 53.8 Å². The van der Waals surface area contributed by atoms with Crippen molar-refractivity contribution < 1.29 is 28.8 Å². The van der Waals surface area contributed by atoms with Crippen molar-refractivity contribution in [1.29, 1.82) is 0 Å². The SMILES string of the molecule is CN(C(=O)c1ccc(C(=O)NCCCCCCNC(=O)Cc2cccc3ccccc23)cc1C=O)C1CCC(=O)NC1=O. The predicted octanol–water partition coefficient (Wildman–Crippen LogP) is 3.18. The highest BCUT2D eigenvalue weighted by atomic mass is 16.2. The summed E-state index contributed by atoms with van der Waals surface area (Å²) < 4.78 is 0. The summed E-state index contributed by atoms with van der Waals surface area (Å²) in [4.78, 5) is 74.5. The number of rotatable bonds is 13.